The summed E-state index contributed by atoms with van der Waals surface area (Å²) in [5, 5.41) is 9.57. The van der Waals surface area contributed by atoms with Crippen molar-refractivity contribution in [2.75, 3.05) is 6.61 Å². The third-order valence-corrected chi connectivity index (χ3v) is 4.81. The Balaban J connectivity index is 1.98. The molecular formula is C21H26N2O3. The number of nitrogens with zero attached hydrogens (tertiary/aromatic N) is 2. The number of phenolic OH excluding ortho intramolecular Hbond substituents is 1. The van der Waals surface area contributed by atoms with Crippen LogP contribution in [0.4, 0.5) is 0 Å². The number of rotatable bonds is 5. The highest BCUT2D eigenvalue weighted by molar-refractivity contribution is 5.92. The summed E-state index contributed by atoms with van der Waals surface area (Å²) in [6.07, 6.45) is 9.83. The molecule has 1 aromatic carbocycles. The fourth-order valence-electron chi connectivity index (χ4n) is 3.47. The van der Waals surface area contributed by atoms with Crippen molar-refractivity contribution >= 4 is 12.0 Å². The van der Waals surface area contributed by atoms with Crippen LogP contribution in [-0.2, 0) is 9.53 Å². The Morgan fingerprint density at radius 1 is 1.27 bits per heavy atom. The summed E-state index contributed by atoms with van der Waals surface area (Å²) in [7, 11) is 0. The first-order valence-electron chi connectivity index (χ1n) is 9.32. The van der Waals surface area contributed by atoms with Crippen LogP contribution in [0.2, 0.25) is 0 Å². The van der Waals surface area contributed by atoms with Gasteiger partial charge in [-0.1, -0.05) is 19.3 Å². The first-order chi connectivity index (χ1) is 12.6. The Labute approximate surface area is 154 Å². The van der Waals surface area contributed by atoms with Crippen LogP contribution in [0.25, 0.3) is 17.5 Å². The molecule has 5 heteroatoms. The second-order valence-corrected chi connectivity index (χ2v) is 6.78. The topological polar surface area (TPSA) is 64.3 Å². The van der Waals surface area contributed by atoms with Crippen molar-refractivity contribution in [3.63, 3.8) is 0 Å². The molecule has 1 N–H and O–H groups in total. The van der Waals surface area contributed by atoms with E-state index in [1.807, 2.05) is 18.3 Å². The average Bonchev–Trinajstić information content (AvgIpc) is 3.07. The zero-order chi connectivity index (χ0) is 18.5. The molecule has 0 unspecified atom stereocenters. The smallest absolute Gasteiger partial charge is 0.333 e. The van der Waals surface area contributed by atoms with Gasteiger partial charge in [0.2, 0.25) is 0 Å². The summed E-state index contributed by atoms with van der Waals surface area (Å²) in [6, 6.07) is 7.53. The lowest BCUT2D eigenvalue weighted by Gasteiger charge is -2.24. The zero-order valence-corrected chi connectivity index (χ0v) is 15.4. The number of hydrogen-bond donors (Lipinski definition) is 1. The Morgan fingerprint density at radius 3 is 2.62 bits per heavy atom. The molecule has 0 spiro atoms. The summed E-state index contributed by atoms with van der Waals surface area (Å²) in [5.41, 5.74) is 2.25. The number of imidazole rings is 1. The molecule has 5 nitrogen and oxygen atoms in total. The minimum absolute atomic E-state index is 0.239. The van der Waals surface area contributed by atoms with Gasteiger partial charge in [0, 0.05) is 23.4 Å². The van der Waals surface area contributed by atoms with Crippen molar-refractivity contribution in [1.82, 2.24) is 9.55 Å². The number of hydrogen-bond acceptors (Lipinski definition) is 4. The van der Waals surface area contributed by atoms with Crippen LogP contribution < -0.4 is 0 Å². The van der Waals surface area contributed by atoms with E-state index in [0.29, 0.717) is 18.2 Å². The van der Waals surface area contributed by atoms with Gasteiger partial charge in [-0.15, -0.1) is 0 Å². The molecule has 3 rings (SSSR count). The molecule has 0 amide bonds. The van der Waals surface area contributed by atoms with Gasteiger partial charge in [-0.2, -0.15) is 0 Å². The van der Waals surface area contributed by atoms with Crippen molar-refractivity contribution in [3.05, 3.63) is 41.7 Å². The van der Waals surface area contributed by atoms with Gasteiger partial charge >= 0.3 is 5.97 Å². The van der Waals surface area contributed by atoms with E-state index in [1.165, 1.54) is 19.3 Å². The van der Waals surface area contributed by atoms with Crippen LogP contribution in [-0.4, -0.2) is 27.2 Å². The fraction of sp³-hybridized carbons (Fsp3) is 0.429. The van der Waals surface area contributed by atoms with Gasteiger partial charge in [-0.3, -0.25) is 0 Å². The van der Waals surface area contributed by atoms with Crippen LogP contribution >= 0.6 is 0 Å². The average molecular weight is 354 g/mol. The maximum atomic E-state index is 11.9. The first kappa shape index (κ1) is 18.2. The normalized spacial score (nSPS) is 15.8. The van der Waals surface area contributed by atoms with Crippen LogP contribution in [0.15, 0.2) is 36.0 Å². The number of benzene rings is 1. The molecule has 0 atom stereocenters. The van der Waals surface area contributed by atoms with Gasteiger partial charge in [-0.25, -0.2) is 9.78 Å². The van der Waals surface area contributed by atoms with Gasteiger partial charge < -0.3 is 14.4 Å². The lowest BCUT2D eigenvalue weighted by Crippen LogP contribution is -2.13. The zero-order valence-electron chi connectivity index (χ0n) is 15.4. The van der Waals surface area contributed by atoms with Gasteiger partial charge in [0.1, 0.15) is 11.6 Å². The van der Waals surface area contributed by atoms with E-state index in [9.17, 15) is 9.90 Å². The summed E-state index contributed by atoms with van der Waals surface area (Å²) in [6.45, 7) is 3.91. The van der Waals surface area contributed by atoms with Crippen LogP contribution in [0, 0.1) is 0 Å². The monoisotopic (exact) mass is 354 g/mol. The van der Waals surface area contributed by atoms with E-state index < -0.39 is 0 Å². The highest BCUT2D eigenvalue weighted by Gasteiger charge is 2.20. The predicted molar refractivity (Wildman–Crippen MR) is 102 cm³/mol. The summed E-state index contributed by atoms with van der Waals surface area (Å²) in [4.78, 5) is 16.7. The van der Waals surface area contributed by atoms with Crippen LogP contribution in [0.1, 0.15) is 57.7 Å². The molecule has 1 heterocycles. The molecule has 0 radical (unpaired) electrons. The highest BCUT2D eigenvalue weighted by Crippen LogP contribution is 2.33. The third-order valence-electron chi connectivity index (χ3n) is 4.81. The number of aromatic nitrogens is 2. The first-order valence-corrected chi connectivity index (χ1v) is 9.32. The van der Waals surface area contributed by atoms with E-state index in [1.54, 1.807) is 32.1 Å². The van der Waals surface area contributed by atoms with Crippen LogP contribution in [0.3, 0.4) is 0 Å². The molecule has 138 valence electrons. The Bertz CT molecular complexity index is 784. The number of aromatic hydroxyl groups is 1. The van der Waals surface area contributed by atoms with Gasteiger partial charge in [-0.05, 0) is 57.0 Å². The van der Waals surface area contributed by atoms with Crippen molar-refractivity contribution < 1.29 is 14.6 Å². The lowest BCUT2D eigenvalue weighted by atomic mass is 9.95. The minimum Gasteiger partial charge on any atom is -0.508 e. The van der Waals surface area contributed by atoms with E-state index >= 15 is 0 Å². The largest absolute Gasteiger partial charge is 0.508 e. The summed E-state index contributed by atoms with van der Waals surface area (Å²) >= 11 is 0. The number of carbonyl (C=O) groups is 1. The molecule has 0 bridgehead atoms. The van der Waals surface area contributed by atoms with Gasteiger partial charge in [0.25, 0.3) is 0 Å². The van der Waals surface area contributed by atoms with E-state index in [0.717, 1.165) is 29.9 Å². The van der Waals surface area contributed by atoms with E-state index in [2.05, 4.69) is 4.57 Å². The standard InChI is InChI=1S/C21H26N2O3/c1-3-26-21(25)15(2)13-17-14-23(18-7-5-4-6-8-18)20(22-17)16-9-11-19(24)12-10-16/h9-14,18,24H,3-8H2,1-2H3/b15-13+. The Kier molecular flexibility index (Phi) is 5.76. The summed E-state index contributed by atoms with van der Waals surface area (Å²) in [5.74, 6) is 0.800. The Hall–Kier alpha value is -2.56. The van der Waals surface area contributed by atoms with Crippen LogP contribution in [0.5, 0.6) is 5.75 Å². The Morgan fingerprint density at radius 2 is 1.96 bits per heavy atom. The quantitative estimate of drug-likeness (QED) is 0.623. The molecule has 2 aromatic rings. The second kappa shape index (κ2) is 8.21. The maximum Gasteiger partial charge on any atom is 0.333 e. The SMILES string of the molecule is CCOC(=O)/C(C)=C/c1cn(C2CCCCC2)c(-c2ccc(O)cc2)n1. The van der Waals surface area contributed by atoms with Crippen molar-refractivity contribution in [3.8, 4) is 17.1 Å². The molecule has 1 saturated carbocycles. The minimum atomic E-state index is -0.314. The number of carbonyl (C=O) groups excluding carboxylic acids is 1. The number of phenols is 1. The number of esters is 1. The van der Waals surface area contributed by atoms with Crippen molar-refractivity contribution in [2.24, 2.45) is 0 Å². The molecule has 26 heavy (non-hydrogen) atoms. The number of ether oxygens (including phenoxy) is 1. The van der Waals surface area contributed by atoms with E-state index in [4.69, 9.17) is 9.72 Å². The second-order valence-electron chi connectivity index (χ2n) is 6.78. The fourth-order valence-corrected chi connectivity index (χ4v) is 3.47. The molecule has 1 aliphatic rings. The lowest BCUT2D eigenvalue weighted by molar-refractivity contribution is -0.138. The van der Waals surface area contributed by atoms with Gasteiger partial charge in [0.05, 0.1) is 12.3 Å². The van der Waals surface area contributed by atoms with E-state index in [-0.39, 0.29) is 11.7 Å². The third kappa shape index (κ3) is 4.15. The highest BCUT2D eigenvalue weighted by atomic mass is 16.5. The molecule has 1 fully saturated rings. The molecule has 1 aromatic heterocycles. The molecular weight excluding hydrogens is 328 g/mol. The van der Waals surface area contributed by atoms with Crippen molar-refractivity contribution in [2.45, 2.75) is 52.0 Å². The molecule has 1 aliphatic carbocycles. The van der Waals surface area contributed by atoms with Gasteiger partial charge in [0.15, 0.2) is 0 Å². The predicted octanol–water partition coefficient (Wildman–Crippen LogP) is 4.73. The summed E-state index contributed by atoms with van der Waals surface area (Å²) < 4.78 is 7.29. The molecule has 0 saturated heterocycles. The molecule has 0 aliphatic heterocycles. The maximum absolute atomic E-state index is 11.9. The van der Waals surface area contributed by atoms with Crippen molar-refractivity contribution in [1.29, 1.82) is 0 Å².